The minimum atomic E-state index is -0.498. The van der Waals surface area contributed by atoms with Gasteiger partial charge in [-0.05, 0) is 32.6 Å². The number of halogens is 1. The molecule has 4 heterocycles. The molecular weight excluding hydrogens is 385 g/mol. The number of hydrogen-bond acceptors (Lipinski definition) is 6. The Kier molecular flexibility index (Phi) is 4.82. The maximum absolute atomic E-state index is 14.2. The first-order valence-electron chi connectivity index (χ1n) is 10.3. The van der Waals surface area contributed by atoms with Gasteiger partial charge in [-0.1, -0.05) is 0 Å². The van der Waals surface area contributed by atoms with Crippen LogP contribution in [0.5, 0.6) is 0 Å². The molecule has 0 radical (unpaired) electrons. The maximum Gasteiger partial charge on any atom is 0.275 e. The van der Waals surface area contributed by atoms with E-state index in [0.717, 1.165) is 37.8 Å². The molecule has 156 valence electrons. The van der Waals surface area contributed by atoms with E-state index in [1.54, 1.807) is 29.9 Å². The summed E-state index contributed by atoms with van der Waals surface area (Å²) < 4.78 is 15.8. The molecule has 2 fully saturated rings. The first kappa shape index (κ1) is 18.9. The first-order valence-corrected chi connectivity index (χ1v) is 10.3. The third-order valence-electron chi connectivity index (χ3n) is 5.62. The van der Waals surface area contributed by atoms with Crippen LogP contribution in [0.25, 0.3) is 5.65 Å². The monoisotopic (exact) mass is 409 g/mol. The highest BCUT2D eigenvalue weighted by molar-refractivity contribution is 6.02. The van der Waals surface area contributed by atoms with E-state index >= 15 is 0 Å². The lowest BCUT2D eigenvalue weighted by Gasteiger charge is -2.33. The normalized spacial score (nSPS) is 17.5. The number of carbonyl (C=O) groups excluding carboxylic acids is 1. The van der Waals surface area contributed by atoms with Crippen LogP contribution in [0, 0.1) is 12.7 Å². The van der Waals surface area contributed by atoms with Crippen molar-refractivity contribution in [1.82, 2.24) is 24.7 Å². The molecule has 5 rings (SSSR count). The third kappa shape index (κ3) is 3.97. The predicted octanol–water partition coefficient (Wildman–Crippen LogP) is 2.54. The Morgan fingerprint density at radius 2 is 1.87 bits per heavy atom. The van der Waals surface area contributed by atoms with Crippen molar-refractivity contribution in [2.75, 3.05) is 23.3 Å². The topological polar surface area (TPSA) is 87.5 Å². The van der Waals surface area contributed by atoms with E-state index in [9.17, 15) is 9.18 Å². The SMILES string of the molecule is Cc1cn2cc(NC(=O)c3cnc(N4CCC(NC5CC5)CC4)cn3)cc(F)c2n1. The number of rotatable bonds is 5. The van der Waals surface area contributed by atoms with Gasteiger partial charge in [-0.2, -0.15) is 0 Å². The highest BCUT2D eigenvalue weighted by Crippen LogP contribution is 2.23. The van der Waals surface area contributed by atoms with Gasteiger partial charge in [-0.25, -0.2) is 19.3 Å². The summed E-state index contributed by atoms with van der Waals surface area (Å²) in [5.41, 5.74) is 1.45. The van der Waals surface area contributed by atoms with Crippen molar-refractivity contribution >= 4 is 23.1 Å². The zero-order valence-corrected chi connectivity index (χ0v) is 16.8. The van der Waals surface area contributed by atoms with Gasteiger partial charge in [0.15, 0.2) is 11.5 Å². The van der Waals surface area contributed by atoms with Gasteiger partial charge < -0.3 is 19.9 Å². The third-order valence-corrected chi connectivity index (χ3v) is 5.62. The van der Waals surface area contributed by atoms with Crippen molar-refractivity contribution in [2.24, 2.45) is 0 Å². The first-order chi connectivity index (χ1) is 14.5. The second-order valence-electron chi connectivity index (χ2n) is 8.11. The Morgan fingerprint density at radius 3 is 2.57 bits per heavy atom. The van der Waals surface area contributed by atoms with E-state index in [0.29, 0.717) is 17.4 Å². The molecule has 0 unspecified atom stereocenters. The summed E-state index contributed by atoms with van der Waals surface area (Å²) in [7, 11) is 0. The number of fused-ring (bicyclic) bond motifs is 1. The van der Waals surface area contributed by atoms with Gasteiger partial charge in [0.2, 0.25) is 0 Å². The van der Waals surface area contributed by atoms with Gasteiger partial charge in [0, 0.05) is 43.6 Å². The molecule has 1 amide bonds. The average Bonchev–Trinajstić information content (AvgIpc) is 3.47. The second kappa shape index (κ2) is 7.64. The summed E-state index contributed by atoms with van der Waals surface area (Å²) in [6.07, 6.45) is 11.2. The Labute approximate surface area is 173 Å². The summed E-state index contributed by atoms with van der Waals surface area (Å²) in [6.45, 7) is 3.64. The van der Waals surface area contributed by atoms with Crippen molar-refractivity contribution in [1.29, 1.82) is 0 Å². The summed E-state index contributed by atoms with van der Waals surface area (Å²) in [6, 6.07) is 2.57. The lowest BCUT2D eigenvalue weighted by Crippen LogP contribution is -2.43. The number of hydrogen-bond donors (Lipinski definition) is 2. The number of anilines is 2. The van der Waals surface area contributed by atoms with Gasteiger partial charge in [0.25, 0.3) is 5.91 Å². The molecule has 0 bridgehead atoms. The van der Waals surface area contributed by atoms with Crippen molar-refractivity contribution in [2.45, 2.75) is 44.7 Å². The molecule has 1 aliphatic carbocycles. The van der Waals surface area contributed by atoms with E-state index in [4.69, 9.17) is 0 Å². The van der Waals surface area contributed by atoms with Crippen LogP contribution in [0.3, 0.4) is 0 Å². The zero-order valence-electron chi connectivity index (χ0n) is 16.8. The van der Waals surface area contributed by atoms with Crippen LogP contribution >= 0.6 is 0 Å². The number of pyridine rings is 1. The molecule has 9 heteroatoms. The van der Waals surface area contributed by atoms with Crippen LogP contribution in [-0.4, -0.2) is 50.4 Å². The number of carbonyl (C=O) groups is 1. The predicted molar refractivity (Wildman–Crippen MR) is 111 cm³/mol. The number of amides is 1. The molecule has 30 heavy (non-hydrogen) atoms. The Balaban J connectivity index is 1.22. The number of nitrogens with one attached hydrogen (secondary N) is 2. The molecule has 8 nitrogen and oxygen atoms in total. The van der Waals surface area contributed by atoms with Crippen molar-refractivity contribution in [3.63, 3.8) is 0 Å². The van der Waals surface area contributed by atoms with Crippen LogP contribution in [0.1, 0.15) is 41.9 Å². The molecule has 0 atom stereocenters. The standard InChI is InChI=1S/C21H24FN7O/c1-13-11-29-12-16(8-17(22)20(29)25-13)27-21(30)18-9-24-19(10-23-18)28-6-4-15(5-7-28)26-14-2-3-14/h8-12,14-15,26H,2-7H2,1H3,(H,27,30). The van der Waals surface area contributed by atoms with Crippen LogP contribution < -0.4 is 15.5 Å². The maximum atomic E-state index is 14.2. The molecule has 3 aromatic heterocycles. The fourth-order valence-electron chi connectivity index (χ4n) is 3.90. The Hall–Kier alpha value is -3.07. The average molecular weight is 409 g/mol. The molecule has 1 saturated carbocycles. The fraction of sp³-hybridized carbons (Fsp3) is 0.429. The minimum absolute atomic E-state index is 0.186. The minimum Gasteiger partial charge on any atom is -0.355 e. The lowest BCUT2D eigenvalue weighted by molar-refractivity contribution is 0.102. The Bertz CT molecular complexity index is 1070. The number of imidazole rings is 1. The van der Waals surface area contributed by atoms with E-state index in [2.05, 4.69) is 30.5 Å². The van der Waals surface area contributed by atoms with Crippen LogP contribution in [-0.2, 0) is 0 Å². The van der Waals surface area contributed by atoms with Gasteiger partial charge >= 0.3 is 0 Å². The summed E-state index contributed by atoms with van der Waals surface area (Å²) in [4.78, 5) is 27.5. The van der Waals surface area contributed by atoms with Crippen molar-refractivity contribution in [3.8, 4) is 0 Å². The molecule has 2 N–H and O–H groups in total. The molecule has 3 aromatic rings. The highest BCUT2D eigenvalue weighted by Gasteiger charge is 2.27. The molecular formula is C21H24FN7O. The van der Waals surface area contributed by atoms with E-state index < -0.39 is 11.7 Å². The van der Waals surface area contributed by atoms with E-state index in [1.807, 2.05) is 0 Å². The molecule has 1 saturated heterocycles. The van der Waals surface area contributed by atoms with Gasteiger partial charge in [0.05, 0.1) is 23.8 Å². The lowest BCUT2D eigenvalue weighted by atomic mass is 10.1. The second-order valence-corrected chi connectivity index (χ2v) is 8.11. The molecule has 1 aliphatic heterocycles. The summed E-state index contributed by atoms with van der Waals surface area (Å²) in [5, 5.41) is 6.36. The van der Waals surface area contributed by atoms with Gasteiger partial charge in [-0.3, -0.25) is 4.79 Å². The summed E-state index contributed by atoms with van der Waals surface area (Å²) in [5.74, 6) is -0.156. The van der Waals surface area contributed by atoms with E-state index in [-0.39, 0.29) is 11.3 Å². The van der Waals surface area contributed by atoms with Crippen molar-refractivity contribution in [3.05, 3.63) is 48.1 Å². The Morgan fingerprint density at radius 1 is 1.10 bits per heavy atom. The zero-order chi connectivity index (χ0) is 20.7. The van der Waals surface area contributed by atoms with Crippen LogP contribution in [0.4, 0.5) is 15.9 Å². The number of aryl methyl sites for hydroxylation is 1. The molecule has 0 spiro atoms. The van der Waals surface area contributed by atoms with E-state index in [1.165, 1.54) is 25.1 Å². The number of aromatic nitrogens is 4. The fourth-order valence-corrected chi connectivity index (χ4v) is 3.90. The van der Waals surface area contributed by atoms with Crippen LogP contribution in [0.15, 0.2) is 30.9 Å². The number of piperidine rings is 1. The smallest absolute Gasteiger partial charge is 0.275 e. The largest absolute Gasteiger partial charge is 0.355 e. The molecule has 2 aliphatic rings. The van der Waals surface area contributed by atoms with Gasteiger partial charge in [-0.15, -0.1) is 0 Å². The molecule has 0 aromatic carbocycles. The highest BCUT2D eigenvalue weighted by atomic mass is 19.1. The summed E-state index contributed by atoms with van der Waals surface area (Å²) >= 11 is 0. The number of nitrogens with zero attached hydrogens (tertiary/aromatic N) is 5. The van der Waals surface area contributed by atoms with Crippen molar-refractivity contribution < 1.29 is 9.18 Å². The van der Waals surface area contributed by atoms with Crippen LogP contribution in [0.2, 0.25) is 0 Å². The van der Waals surface area contributed by atoms with Gasteiger partial charge in [0.1, 0.15) is 11.5 Å². The quantitative estimate of drug-likeness (QED) is 0.673.